The lowest BCUT2D eigenvalue weighted by Gasteiger charge is -2.26. The zero-order valence-electron chi connectivity index (χ0n) is 16.1. The highest BCUT2D eigenvalue weighted by Crippen LogP contribution is 2.39. The standard InChI is InChI=1S/C24H25Br2N/c1-4-5-6-19-9-13-21(14-10-19)27(20-11-7-17(2)8-12-20)22-15-23(25)18(3)24(26)16-22/h7-16H,4-6H2,1-3H3. The molecule has 0 aliphatic heterocycles. The van der Waals surface area contributed by atoms with Gasteiger partial charge in [-0.1, -0.05) is 75.0 Å². The lowest BCUT2D eigenvalue weighted by atomic mass is 10.1. The van der Waals surface area contributed by atoms with Gasteiger partial charge in [0.2, 0.25) is 0 Å². The molecule has 3 rings (SSSR count). The summed E-state index contributed by atoms with van der Waals surface area (Å²) in [5, 5.41) is 0. The maximum absolute atomic E-state index is 3.71. The first-order chi connectivity index (χ1) is 13.0. The summed E-state index contributed by atoms with van der Waals surface area (Å²) in [4.78, 5) is 2.30. The van der Waals surface area contributed by atoms with Crippen molar-refractivity contribution in [2.45, 2.75) is 40.0 Å². The van der Waals surface area contributed by atoms with Crippen molar-refractivity contribution in [3.05, 3.63) is 86.3 Å². The summed E-state index contributed by atoms with van der Waals surface area (Å²) < 4.78 is 2.20. The van der Waals surface area contributed by atoms with E-state index in [0.29, 0.717) is 0 Å². The summed E-state index contributed by atoms with van der Waals surface area (Å²) in [5.74, 6) is 0. The molecule has 0 spiro atoms. The monoisotopic (exact) mass is 485 g/mol. The Balaban J connectivity index is 2.06. The molecule has 0 saturated heterocycles. The summed E-state index contributed by atoms with van der Waals surface area (Å²) in [6.07, 6.45) is 3.60. The molecule has 0 N–H and O–H groups in total. The molecule has 0 heterocycles. The molecule has 0 unspecified atom stereocenters. The number of nitrogens with zero attached hydrogens (tertiary/aromatic N) is 1. The summed E-state index contributed by atoms with van der Waals surface area (Å²) >= 11 is 7.41. The highest BCUT2D eigenvalue weighted by molar-refractivity contribution is 9.11. The Bertz CT molecular complexity index is 876. The molecule has 1 nitrogen and oxygen atoms in total. The second kappa shape index (κ2) is 9.07. The molecule has 140 valence electrons. The van der Waals surface area contributed by atoms with Gasteiger partial charge in [0.25, 0.3) is 0 Å². The van der Waals surface area contributed by atoms with Gasteiger partial charge in [0.05, 0.1) is 0 Å². The summed E-state index contributed by atoms with van der Waals surface area (Å²) in [6.45, 7) is 6.47. The van der Waals surface area contributed by atoms with Gasteiger partial charge < -0.3 is 4.90 Å². The first kappa shape index (κ1) is 20.2. The Morgan fingerprint density at radius 3 is 1.78 bits per heavy atom. The average Bonchev–Trinajstić information content (AvgIpc) is 2.67. The van der Waals surface area contributed by atoms with Crippen molar-refractivity contribution >= 4 is 48.9 Å². The van der Waals surface area contributed by atoms with Crippen molar-refractivity contribution < 1.29 is 0 Å². The Kier molecular flexibility index (Phi) is 6.78. The fraction of sp³-hybridized carbons (Fsp3) is 0.250. The fourth-order valence-electron chi connectivity index (χ4n) is 3.09. The zero-order chi connectivity index (χ0) is 19.4. The van der Waals surface area contributed by atoms with Gasteiger partial charge in [-0.3, -0.25) is 0 Å². The van der Waals surface area contributed by atoms with E-state index in [9.17, 15) is 0 Å². The van der Waals surface area contributed by atoms with Crippen LogP contribution in [0.5, 0.6) is 0 Å². The van der Waals surface area contributed by atoms with Gasteiger partial charge in [-0.2, -0.15) is 0 Å². The topological polar surface area (TPSA) is 3.24 Å². The van der Waals surface area contributed by atoms with Gasteiger partial charge in [0, 0.05) is 26.0 Å². The van der Waals surface area contributed by atoms with Crippen LogP contribution in [0.3, 0.4) is 0 Å². The quantitative estimate of drug-likeness (QED) is 0.337. The molecule has 0 aromatic heterocycles. The van der Waals surface area contributed by atoms with Gasteiger partial charge in [-0.05, 0) is 74.2 Å². The van der Waals surface area contributed by atoms with E-state index in [-0.39, 0.29) is 0 Å². The third-order valence-corrected chi connectivity index (χ3v) is 6.48. The van der Waals surface area contributed by atoms with E-state index in [4.69, 9.17) is 0 Å². The van der Waals surface area contributed by atoms with Crippen LogP contribution in [0.1, 0.15) is 36.5 Å². The first-order valence-corrected chi connectivity index (χ1v) is 11.0. The minimum Gasteiger partial charge on any atom is -0.310 e. The van der Waals surface area contributed by atoms with Gasteiger partial charge in [0.1, 0.15) is 0 Å². The molecular formula is C24H25Br2N. The van der Waals surface area contributed by atoms with Gasteiger partial charge >= 0.3 is 0 Å². The van der Waals surface area contributed by atoms with Crippen LogP contribution in [0.25, 0.3) is 0 Å². The molecule has 0 saturated carbocycles. The number of hydrogen-bond acceptors (Lipinski definition) is 1. The summed E-state index contributed by atoms with van der Waals surface area (Å²) in [5.41, 5.74) is 7.32. The summed E-state index contributed by atoms with van der Waals surface area (Å²) in [6, 6.07) is 22.0. The Labute approximate surface area is 179 Å². The van der Waals surface area contributed by atoms with Gasteiger partial charge in [-0.15, -0.1) is 0 Å². The van der Waals surface area contributed by atoms with Crippen molar-refractivity contribution in [2.75, 3.05) is 4.90 Å². The molecule has 27 heavy (non-hydrogen) atoms. The SMILES string of the molecule is CCCCc1ccc(N(c2ccc(C)cc2)c2cc(Br)c(C)c(Br)c2)cc1. The minimum atomic E-state index is 1.10. The lowest BCUT2D eigenvalue weighted by molar-refractivity contribution is 0.795. The molecule has 3 aromatic carbocycles. The van der Waals surface area contributed by atoms with Crippen LogP contribution in [0.4, 0.5) is 17.1 Å². The van der Waals surface area contributed by atoms with Crippen molar-refractivity contribution in [1.82, 2.24) is 0 Å². The molecule has 0 amide bonds. The highest BCUT2D eigenvalue weighted by Gasteiger charge is 2.15. The van der Waals surface area contributed by atoms with E-state index in [1.54, 1.807) is 0 Å². The molecule has 3 heteroatoms. The van der Waals surface area contributed by atoms with Crippen LogP contribution in [0.15, 0.2) is 69.6 Å². The second-order valence-corrected chi connectivity index (χ2v) is 8.68. The molecule has 0 aliphatic carbocycles. The van der Waals surface area contributed by atoms with Crippen LogP contribution < -0.4 is 4.90 Å². The van der Waals surface area contributed by atoms with Crippen LogP contribution in [0, 0.1) is 13.8 Å². The third-order valence-electron chi connectivity index (χ3n) is 4.83. The number of rotatable bonds is 6. The van der Waals surface area contributed by atoms with Gasteiger partial charge in [0.15, 0.2) is 0 Å². The molecular weight excluding hydrogens is 462 g/mol. The van der Waals surface area contributed by atoms with Crippen LogP contribution in [-0.4, -0.2) is 0 Å². The minimum absolute atomic E-state index is 1.10. The third kappa shape index (κ3) is 4.83. The summed E-state index contributed by atoms with van der Waals surface area (Å²) in [7, 11) is 0. The number of halogens is 2. The van der Waals surface area contributed by atoms with E-state index >= 15 is 0 Å². The van der Waals surface area contributed by atoms with E-state index in [1.165, 1.54) is 35.2 Å². The number of unbranched alkanes of at least 4 members (excludes halogenated alkanes) is 1. The maximum atomic E-state index is 3.71. The molecule has 0 atom stereocenters. The van der Waals surface area contributed by atoms with Crippen LogP contribution >= 0.6 is 31.9 Å². The van der Waals surface area contributed by atoms with E-state index in [2.05, 4.69) is 118 Å². The van der Waals surface area contributed by atoms with E-state index in [1.807, 2.05) is 0 Å². The number of anilines is 3. The van der Waals surface area contributed by atoms with Crippen LogP contribution in [-0.2, 0) is 6.42 Å². The predicted octanol–water partition coefficient (Wildman–Crippen LogP) is 8.64. The van der Waals surface area contributed by atoms with Crippen molar-refractivity contribution in [1.29, 1.82) is 0 Å². The van der Waals surface area contributed by atoms with Crippen molar-refractivity contribution in [3.8, 4) is 0 Å². The fourth-order valence-corrected chi connectivity index (χ4v) is 4.26. The van der Waals surface area contributed by atoms with E-state index in [0.717, 1.165) is 26.7 Å². The van der Waals surface area contributed by atoms with Crippen LogP contribution in [0.2, 0.25) is 0 Å². The average molecular weight is 487 g/mol. The number of aryl methyl sites for hydroxylation is 2. The van der Waals surface area contributed by atoms with E-state index < -0.39 is 0 Å². The maximum Gasteiger partial charge on any atom is 0.0484 e. The number of hydrogen-bond donors (Lipinski definition) is 0. The predicted molar refractivity (Wildman–Crippen MR) is 125 cm³/mol. The Hall–Kier alpha value is -1.58. The first-order valence-electron chi connectivity index (χ1n) is 9.41. The second-order valence-electron chi connectivity index (χ2n) is 6.98. The molecule has 0 bridgehead atoms. The zero-order valence-corrected chi connectivity index (χ0v) is 19.3. The molecule has 0 fully saturated rings. The van der Waals surface area contributed by atoms with Crippen molar-refractivity contribution in [2.24, 2.45) is 0 Å². The van der Waals surface area contributed by atoms with Gasteiger partial charge in [-0.25, -0.2) is 0 Å². The van der Waals surface area contributed by atoms with Crippen molar-refractivity contribution in [3.63, 3.8) is 0 Å². The normalized spacial score (nSPS) is 10.9. The Morgan fingerprint density at radius 1 is 0.741 bits per heavy atom. The molecule has 0 aliphatic rings. The molecule has 3 aromatic rings. The smallest absolute Gasteiger partial charge is 0.0484 e. The largest absolute Gasteiger partial charge is 0.310 e. The lowest BCUT2D eigenvalue weighted by Crippen LogP contribution is -2.10. The number of benzene rings is 3. The molecule has 0 radical (unpaired) electrons. The highest BCUT2D eigenvalue weighted by atomic mass is 79.9. The Morgan fingerprint density at radius 2 is 1.26 bits per heavy atom.